The van der Waals surface area contributed by atoms with Crippen LogP contribution in [0.3, 0.4) is 0 Å². The number of hydrogen-bond acceptors (Lipinski definition) is 6. The third kappa shape index (κ3) is 8.64. The molecule has 36 heavy (non-hydrogen) atoms. The molecule has 11 nitrogen and oxygen atoms in total. The molecule has 0 saturated heterocycles. The Kier molecular flexibility index (Phi) is 9.38. The van der Waals surface area contributed by atoms with Gasteiger partial charge >= 0.3 is 12.2 Å². The van der Waals surface area contributed by atoms with Crippen LogP contribution in [0, 0.1) is 10.1 Å². The summed E-state index contributed by atoms with van der Waals surface area (Å²) in [5.74, 6) is 0.460. The molecule has 3 aromatic rings. The number of halogens is 4. The number of ether oxygens (including phenoxy) is 1. The van der Waals surface area contributed by atoms with Gasteiger partial charge in [0.05, 0.1) is 10.6 Å². The minimum absolute atomic E-state index is 0.0659. The molecule has 0 aliphatic heterocycles. The molecule has 0 bridgehead atoms. The zero-order valence-corrected chi connectivity index (χ0v) is 18.9. The molecule has 4 N–H and O–H groups in total. The second-order valence-electron chi connectivity index (χ2n) is 6.59. The van der Waals surface area contributed by atoms with Crippen LogP contribution in [0.15, 0.2) is 60.8 Å². The normalized spacial score (nSPS) is 10.4. The Labute approximate surface area is 206 Å². The predicted octanol–water partition coefficient (Wildman–Crippen LogP) is 5.20. The summed E-state index contributed by atoms with van der Waals surface area (Å²) in [5.41, 5.74) is -0.547. The fourth-order valence-corrected chi connectivity index (χ4v) is 2.81. The predicted molar refractivity (Wildman–Crippen MR) is 122 cm³/mol. The molecular formula is C21H17ClF3N5O6. The summed E-state index contributed by atoms with van der Waals surface area (Å²) in [6.45, 7) is 0. The van der Waals surface area contributed by atoms with Crippen LogP contribution in [0.1, 0.15) is 16.1 Å². The molecule has 15 heteroatoms. The molecule has 190 valence electrons. The number of anilines is 2. The third-order valence-electron chi connectivity index (χ3n) is 4.07. The number of aromatic nitrogens is 1. The van der Waals surface area contributed by atoms with E-state index in [1.54, 1.807) is 30.3 Å². The van der Waals surface area contributed by atoms with Gasteiger partial charge in [0.15, 0.2) is 0 Å². The number of amides is 3. The van der Waals surface area contributed by atoms with Crippen LogP contribution in [0.5, 0.6) is 11.5 Å². The monoisotopic (exact) mass is 527 g/mol. The van der Waals surface area contributed by atoms with Crippen molar-refractivity contribution in [3.63, 3.8) is 0 Å². The number of nitrogens with one attached hydrogen (secondary N) is 3. The highest BCUT2D eigenvalue weighted by molar-refractivity contribution is 6.31. The second kappa shape index (κ2) is 12.2. The molecule has 0 radical (unpaired) electrons. The zero-order valence-electron chi connectivity index (χ0n) is 18.2. The molecule has 0 aliphatic carbocycles. The Morgan fingerprint density at radius 3 is 2.19 bits per heavy atom. The highest BCUT2D eigenvalue weighted by Gasteiger charge is 2.33. The summed E-state index contributed by atoms with van der Waals surface area (Å²) >= 11 is 5.57. The Balaban J connectivity index is 0.00000106. The first-order chi connectivity index (χ1) is 16.9. The Bertz CT molecular complexity index is 1240. The molecule has 2 aromatic carbocycles. The summed E-state index contributed by atoms with van der Waals surface area (Å²) in [6, 6.07) is 11.6. The van der Waals surface area contributed by atoms with E-state index in [0.29, 0.717) is 17.2 Å². The van der Waals surface area contributed by atoms with E-state index in [1.165, 1.54) is 25.4 Å². The van der Waals surface area contributed by atoms with Gasteiger partial charge < -0.3 is 25.9 Å². The first kappa shape index (κ1) is 27.7. The fraction of sp³-hybridized carbons (Fsp3) is 0.0952. The summed E-state index contributed by atoms with van der Waals surface area (Å²) in [6.07, 6.45) is -3.21. The van der Waals surface area contributed by atoms with Gasteiger partial charge in [0.25, 0.3) is 11.0 Å². The Hall–Kier alpha value is -4.59. The number of carbonyl (C=O) groups excluding carboxylic acids is 2. The van der Waals surface area contributed by atoms with Crippen LogP contribution in [-0.2, 0) is 6.18 Å². The molecule has 1 heterocycles. The average Bonchev–Trinajstić information content (AvgIpc) is 2.80. The van der Waals surface area contributed by atoms with E-state index >= 15 is 0 Å². The lowest BCUT2D eigenvalue weighted by molar-refractivity contribution is -0.742. The van der Waals surface area contributed by atoms with E-state index in [1.807, 2.05) is 0 Å². The van der Waals surface area contributed by atoms with Crippen LogP contribution >= 0.6 is 11.6 Å². The van der Waals surface area contributed by atoms with E-state index in [4.69, 9.17) is 31.7 Å². The van der Waals surface area contributed by atoms with Crippen molar-refractivity contribution in [1.29, 1.82) is 0 Å². The minimum atomic E-state index is -4.64. The summed E-state index contributed by atoms with van der Waals surface area (Å²) in [5, 5.41) is 20.5. The SMILES string of the molecule is CNC(=O)c1cc(Oc2ccc(NC(=O)Nc3ccc(Cl)c(C(F)(F)F)c3)cc2)ccn1.O=[N+]([O-])O. The van der Waals surface area contributed by atoms with Crippen molar-refractivity contribution in [2.75, 3.05) is 17.7 Å². The molecule has 0 aliphatic rings. The zero-order chi connectivity index (χ0) is 26.9. The molecular weight excluding hydrogens is 511 g/mol. The molecule has 1 aromatic heterocycles. The van der Waals surface area contributed by atoms with E-state index in [9.17, 15) is 22.8 Å². The molecule has 3 rings (SSSR count). The number of rotatable bonds is 5. The topological polar surface area (TPSA) is 156 Å². The van der Waals surface area contributed by atoms with Gasteiger partial charge in [0, 0.05) is 30.7 Å². The molecule has 0 saturated carbocycles. The van der Waals surface area contributed by atoms with Gasteiger partial charge in [-0.25, -0.2) is 4.79 Å². The summed E-state index contributed by atoms with van der Waals surface area (Å²) < 4.78 is 44.5. The van der Waals surface area contributed by atoms with E-state index in [2.05, 4.69) is 20.9 Å². The number of hydrogen-bond donors (Lipinski definition) is 4. The first-order valence-electron chi connectivity index (χ1n) is 9.63. The van der Waals surface area contributed by atoms with E-state index in [-0.39, 0.29) is 17.3 Å². The molecule has 0 fully saturated rings. The van der Waals surface area contributed by atoms with Crippen LogP contribution in [0.25, 0.3) is 0 Å². The maximum absolute atomic E-state index is 12.9. The van der Waals surface area contributed by atoms with Crippen LogP contribution in [0.2, 0.25) is 5.02 Å². The lowest BCUT2D eigenvalue weighted by Gasteiger charge is -2.12. The van der Waals surface area contributed by atoms with Gasteiger partial charge in [-0.15, -0.1) is 10.1 Å². The van der Waals surface area contributed by atoms with Crippen LogP contribution in [-0.4, -0.2) is 34.3 Å². The highest BCUT2D eigenvalue weighted by atomic mass is 35.5. The van der Waals surface area contributed by atoms with Crippen LogP contribution < -0.4 is 20.7 Å². The first-order valence-corrected chi connectivity index (χ1v) is 10.0. The average molecular weight is 528 g/mol. The molecule has 0 unspecified atom stereocenters. The van der Waals surface area contributed by atoms with Gasteiger partial charge in [0.2, 0.25) is 0 Å². The van der Waals surface area contributed by atoms with Gasteiger partial charge in [0.1, 0.15) is 17.2 Å². The van der Waals surface area contributed by atoms with Gasteiger partial charge in [-0.2, -0.15) is 13.2 Å². The standard InChI is InChI=1S/C21H16ClF3N4O3.HNO3/c1-26-19(30)18-11-15(8-9-27-18)32-14-5-2-12(3-6-14)28-20(31)29-13-4-7-17(22)16(10-13)21(23,24)25;2-1(3)4/h2-11H,1H3,(H,26,30)(H2,28,29,31);(H,2,3,4). The lowest BCUT2D eigenvalue weighted by atomic mass is 10.2. The van der Waals surface area contributed by atoms with Gasteiger partial charge in [-0.1, -0.05) is 11.6 Å². The second-order valence-corrected chi connectivity index (χ2v) is 7.00. The van der Waals surface area contributed by atoms with E-state index in [0.717, 1.165) is 12.1 Å². The van der Waals surface area contributed by atoms with Gasteiger partial charge in [-0.05, 0) is 48.5 Å². The van der Waals surface area contributed by atoms with Crippen molar-refractivity contribution in [1.82, 2.24) is 10.3 Å². The number of urea groups is 1. The quantitative estimate of drug-likeness (QED) is 0.262. The number of pyridine rings is 1. The lowest BCUT2D eigenvalue weighted by Crippen LogP contribution is -2.19. The van der Waals surface area contributed by atoms with Crippen molar-refractivity contribution in [3.8, 4) is 11.5 Å². The fourth-order valence-electron chi connectivity index (χ4n) is 2.58. The van der Waals surface area contributed by atoms with Crippen molar-refractivity contribution < 1.29 is 37.8 Å². The van der Waals surface area contributed by atoms with Gasteiger partial charge in [-0.3, -0.25) is 9.78 Å². The van der Waals surface area contributed by atoms with Crippen molar-refractivity contribution in [2.24, 2.45) is 0 Å². The van der Waals surface area contributed by atoms with Crippen molar-refractivity contribution in [3.05, 3.63) is 87.2 Å². The molecule has 3 amide bonds. The number of carbonyl (C=O) groups is 2. The molecule has 0 spiro atoms. The molecule has 0 atom stereocenters. The summed E-state index contributed by atoms with van der Waals surface area (Å²) in [7, 11) is 1.49. The van der Waals surface area contributed by atoms with E-state index < -0.39 is 27.9 Å². The Morgan fingerprint density at radius 1 is 1.03 bits per heavy atom. The summed E-state index contributed by atoms with van der Waals surface area (Å²) in [4.78, 5) is 36.1. The third-order valence-corrected chi connectivity index (χ3v) is 4.40. The van der Waals surface area contributed by atoms with Crippen LogP contribution in [0.4, 0.5) is 29.3 Å². The maximum Gasteiger partial charge on any atom is 0.417 e. The smallest absolute Gasteiger partial charge is 0.417 e. The Morgan fingerprint density at radius 2 is 1.61 bits per heavy atom. The largest absolute Gasteiger partial charge is 0.457 e. The number of benzene rings is 2. The number of nitrogens with zero attached hydrogens (tertiary/aromatic N) is 2. The van der Waals surface area contributed by atoms with Crippen molar-refractivity contribution in [2.45, 2.75) is 6.18 Å². The minimum Gasteiger partial charge on any atom is -0.457 e. The highest BCUT2D eigenvalue weighted by Crippen LogP contribution is 2.36. The van der Waals surface area contributed by atoms with Crippen molar-refractivity contribution >= 4 is 34.9 Å². The number of alkyl halides is 3. The maximum atomic E-state index is 12.9.